The summed E-state index contributed by atoms with van der Waals surface area (Å²) >= 11 is 0. The van der Waals surface area contributed by atoms with Crippen molar-refractivity contribution in [1.82, 2.24) is 4.31 Å². The monoisotopic (exact) mass is 528 g/mol. The number of amides is 1. The zero-order valence-corrected chi connectivity index (χ0v) is 21.5. The summed E-state index contributed by atoms with van der Waals surface area (Å²) in [5, 5.41) is 7.67. The quantitative estimate of drug-likeness (QED) is 0.335. The number of hydrogen-bond donors (Lipinski definition) is 1. The Morgan fingerprint density at radius 1 is 0.816 bits per heavy atom. The molecule has 1 saturated heterocycles. The predicted octanol–water partition coefficient (Wildman–Crippen LogP) is 4.67. The molecule has 38 heavy (non-hydrogen) atoms. The number of carbonyl (C=O) groups excluding carboxylic acids is 1. The molecule has 194 valence electrons. The summed E-state index contributed by atoms with van der Waals surface area (Å²) in [6, 6.07) is 28.5. The van der Waals surface area contributed by atoms with Crippen molar-refractivity contribution in [1.29, 1.82) is 0 Å². The van der Waals surface area contributed by atoms with Crippen LogP contribution in [0.2, 0.25) is 0 Å². The van der Waals surface area contributed by atoms with Gasteiger partial charge in [-0.1, -0.05) is 65.8 Å². The lowest BCUT2D eigenvalue weighted by atomic mass is 10.1. The zero-order valence-electron chi connectivity index (χ0n) is 20.7. The third-order valence-corrected chi connectivity index (χ3v) is 8.69. The summed E-state index contributed by atoms with van der Waals surface area (Å²) < 4.78 is 28.0. The lowest BCUT2D eigenvalue weighted by molar-refractivity contribution is -0.117. The van der Waals surface area contributed by atoms with Gasteiger partial charge in [0.15, 0.2) is 6.04 Å². The Hall–Kier alpha value is -4.08. The third kappa shape index (κ3) is 5.58. The van der Waals surface area contributed by atoms with E-state index in [-0.39, 0.29) is 6.42 Å². The zero-order chi connectivity index (χ0) is 26.5. The van der Waals surface area contributed by atoms with Gasteiger partial charge in [-0.15, -0.1) is 4.91 Å². The van der Waals surface area contributed by atoms with Crippen LogP contribution in [0.15, 0.2) is 107 Å². The first-order chi connectivity index (χ1) is 18.4. The van der Waals surface area contributed by atoms with Crippen molar-refractivity contribution >= 4 is 38.1 Å². The first-order valence-electron chi connectivity index (χ1n) is 12.5. The number of hydrogen-bond acceptors (Lipinski definition) is 6. The lowest BCUT2D eigenvalue weighted by Gasteiger charge is -2.35. The number of piperazine rings is 1. The highest BCUT2D eigenvalue weighted by molar-refractivity contribution is 7.89. The molecule has 1 fully saturated rings. The summed E-state index contributed by atoms with van der Waals surface area (Å²) in [5.41, 5.74) is 2.36. The molecule has 5 rings (SSSR count). The number of carbonyl (C=O) groups is 1. The van der Waals surface area contributed by atoms with Crippen LogP contribution in [0, 0.1) is 4.91 Å². The van der Waals surface area contributed by atoms with E-state index in [1.54, 1.807) is 24.3 Å². The minimum Gasteiger partial charge on any atom is -0.369 e. The maximum Gasteiger partial charge on any atom is 0.253 e. The summed E-state index contributed by atoms with van der Waals surface area (Å²) in [5.74, 6) is -0.455. The minimum absolute atomic E-state index is 0.237. The second kappa shape index (κ2) is 11.1. The van der Waals surface area contributed by atoms with E-state index in [9.17, 15) is 18.1 Å². The van der Waals surface area contributed by atoms with Gasteiger partial charge in [0.05, 0.1) is 4.90 Å². The molecule has 0 spiro atoms. The average Bonchev–Trinajstić information content (AvgIpc) is 2.96. The Bertz CT molecular complexity index is 1530. The van der Waals surface area contributed by atoms with E-state index in [0.29, 0.717) is 36.8 Å². The van der Waals surface area contributed by atoms with E-state index in [4.69, 9.17) is 0 Å². The molecule has 0 radical (unpaired) electrons. The van der Waals surface area contributed by atoms with Crippen molar-refractivity contribution < 1.29 is 13.2 Å². The second-order valence-corrected chi connectivity index (χ2v) is 11.2. The maximum atomic E-state index is 13.3. The van der Waals surface area contributed by atoms with Crippen molar-refractivity contribution in [3.63, 3.8) is 0 Å². The van der Waals surface area contributed by atoms with Gasteiger partial charge >= 0.3 is 0 Å². The standard InChI is InChI=1S/C29H28N4O4S/c34-29(28(31-35)20-22-6-2-1-3-7-22)30-25-11-13-26(14-12-25)32-16-18-33(19-17-32)38(36,37)27-15-10-23-8-4-5-9-24(23)21-27/h1-15,21,28H,16-20H2,(H,30,34). The molecular weight excluding hydrogens is 500 g/mol. The molecule has 1 aliphatic rings. The Morgan fingerprint density at radius 2 is 1.47 bits per heavy atom. The Morgan fingerprint density at radius 3 is 2.16 bits per heavy atom. The van der Waals surface area contributed by atoms with E-state index in [2.05, 4.69) is 15.4 Å². The topological polar surface area (TPSA) is 99.2 Å². The number of nitroso groups, excluding NO2 is 1. The van der Waals surface area contributed by atoms with E-state index < -0.39 is 22.0 Å². The fourth-order valence-corrected chi connectivity index (χ4v) is 6.12. The molecule has 1 unspecified atom stereocenters. The number of anilines is 2. The molecule has 0 aliphatic carbocycles. The number of nitrogens with zero attached hydrogens (tertiary/aromatic N) is 3. The molecule has 4 aromatic carbocycles. The van der Waals surface area contributed by atoms with Crippen molar-refractivity contribution in [3.05, 3.63) is 108 Å². The highest BCUT2D eigenvalue weighted by Crippen LogP contribution is 2.25. The fourth-order valence-electron chi connectivity index (χ4n) is 4.66. The van der Waals surface area contributed by atoms with Crippen LogP contribution in [0.4, 0.5) is 11.4 Å². The van der Waals surface area contributed by atoms with E-state index in [1.165, 1.54) is 4.31 Å². The molecule has 1 amide bonds. The van der Waals surface area contributed by atoms with Gasteiger partial charge in [0, 0.05) is 44.0 Å². The van der Waals surface area contributed by atoms with Crippen LogP contribution < -0.4 is 10.2 Å². The van der Waals surface area contributed by atoms with Crippen LogP contribution in [-0.4, -0.2) is 50.9 Å². The molecule has 0 bridgehead atoms. The predicted molar refractivity (Wildman–Crippen MR) is 150 cm³/mol. The second-order valence-electron chi connectivity index (χ2n) is 9.25. The van der Waals surface area contributed by atoms with Crippen LogP contribution in [0.3, 0.4) is 0 Å². The number of sulfonamides is 1. The first-order valence-corrected chi connectivity index (χ1v) is 13.9. The average molecular weight is 529 g/mol. The van der Waals surface area contributed by atoms with Gasteiger partial charge < -0.3 is 10.2 Å². The van der Waals surface area contributed by atoms with E-state index in [1.807, 2.05) is 72.8 Å². The maximum absolute atomic E-state index is 13.3. The van der Waals surface area contributed by atoms with Crippen LogP contribution in [-0.2, 0) is 21.2 Å². The van der Waals surface area contributed by atoms with Gasteiger partial charge in [-0.05, 0) is 52.7 Å². The molecule has 1 N–H and O–H groups in total. The molecule has 1 heterocycles. The van der Waals surface area contributed by atoms with Crippen LogP contribution in [0.5, 0.6) is 0 Å². The SMILES string of the molecule is O=NC(Cc1ccccc1)C(=O)Nc1ccc(N2CCN(S(=O)(=O)c3ccc4ccccc4c3)CC2)cc1. The van der Waals surface area contributed by atoms with Gasteiger partial charge in [0.1, 0.15) is 0 Å². The Labute approximate surface area is 221 Å². The first kappa shape index (κ1) is 25.6. The smallest absolute Gasteiger partial charge is 0.253 e. The van der Waals surface area contributed by atoms with E-state index in [0.717, 1.165) is 22.0 Å². The van der Waals surface area contributed by atoms with Crippen molar-refractivity contribution in [2.45, 2.75) is 17.4 Å². The number of nitrogens with one attached hydrogen (secondary N) is 1. The normalized spacial score (nSPS) is 15.2. The molecule has 1 atom stereocenters. The molecule has 1 aliphatic heterocycles. The Balaban J connectivity index is 1.18. The molecular formula is C29H28N4O4S. The molecule has 8 nitrogen and oxygen atoms in total. The van der Waals surface area contributed by atoms with Gasteiger partial charge in [-0.25, -0.2) is 8.42 Å². The summed E-state index contributed by atoms with van der Waals surface area (Å²) in [7, 11) is -3.59. The molecule has 4 aromatic rings. The lowest BCUT2D eigenvalue weighted by Crippen LogP contribution is -2.48. The largest absolute Gasteiger partial charge is 0.369 e. The van der Waals surface area contributed by atoms with Crippen molar-refractivity contribution in [2.24, 2.45) is 5.18 Å². The third-order valence-electron chi connectivity index (χ3n) is 6.80. The van der Waals surface area contributed by atoms with Crippen molar-refractivity contribution in [2.75, 3.05) is 36.4 Å². The summed E-state index contributed by atoms with van der Waals surface area (Å²) in [4.78, 5) is 26.3. The number of fused-ring (bicyclic) bond motifs is 1. The van der Waals surface area contributed by atoms with Crippen LogP contribution >= 0.6 is 0 Å². The summed E-state index contributed by atoms with van der Waals surface area (Å²) in [6.07, 6.45) is 0.237. The Kier molecular flexibility index (Phi) is 7.48. The van der Waals surface area contributed by atoms with Gasteiger partial charge in [-0.3, -0.25) is 4.79 Å². The van der Waals surface area contributed by atoms with Crippen LogP contribution in [0.25, 0.3) is 10.8 Å². The van der Waals surface area contributed by atoms with Crippen LogP contribution in [0.1, 0.15) is 5.56 Å². The number of benzene rings is 4. The molecule has 9 heteroatoms. The van der Waals surface area contributed by atoms with Gasteiger partial charge in [0.2, 0.25) is 10.0 Å². The molecule has 0 aromatic heterocycles. The van der Waals surface area contributed by atoms with E-state index >= 15 is 0 Å². The highest BCUT2D eigenvalue weighted by Gasteiger charge is 2.29. The van der Waals surface area contributed by atoms with Crippen molar-refractivity contribution in [3.8, 4) is 0 Å². The van der Waals surface area contributed by atoms with Gasteiger partial charge in [-0.2, -0.15) is 4.31 Å². The highest BCUT2D eigenvalue weighted by atomic mass is 32.2. The minimum atomic E-state index is -3.59. The summed E-state index contributed by atoms with van der Waals surface area (Å²) in [6.45, 7) is 1.85. The fraction of sp³-hybridized carbons (Fsp3) is 0.207. The number of rotatable bonds is 8. The molecule has 0 saturated carbocycles. The van der Waals surface area contributed by atoms with Gasteiger partial charge in [0.25, 0.3) is 5.91 Å².